The molecule has 3 aromatic rings. The molecule has 0 radical (unpaired) electrons. The predicted molar refractivity (Wildman–Crippen MR) is 96.7 cm³/mol. The SMILES string of the molecule is CO[n+]1cc(C2(C#N)CC2)cc(F)c1-c1cc2ccc(=O)n(CC(F)(F)F)c2cn1. The lowest BCUT2D eigenvalue weighted by atomic mass is 9.99. The fourth-order valence-corrected chi connectivity index (χ4v) is 3.43. The second-order valence-electron chi connectivity index (χ2n) is 7.13. The van der Waals surface area contributed by atoms with Crippen LogP contribution in [0.25, 0.3) is 22.3 Å². The number of pyridine rings is 3. The molecule has 1 aliphatic carbocycles. The van der Waals surface area contributed by atoms with E-state index in [1.54, 1.807) is 0 Å². The van der Waals surface area contributed by atoms with Gasteiger partial charge >= 0.3 is 11.9 Å². The van der Waals surface area contributed by atoms with Gasteiger partial charge in [-0.2, -0.15) is 22.8 Å². The van der Waals surface area contributed by atoms with Gasteiger partial charge in [-0.05, 0) is 31.0 Å². The van der Waals surface area contributed by atoms with Gasteiger partial charge < -0.3 is 0 Å². The fraction of sp³-hybridized carbons (Fsp3) is 0.300. The van der Waals surface area contributed by atoms with Crippen LogP contribution >= 0.6 is 0 Å². The zero-order valence-corrected chi connectivity index (χ0v) is 15.7. The smallest absolute Gasteiger partial charge is 0.298 e. The minimum atomic E-state index is -4.59. The quantitative estimate of drug-likeness (QED) is 0.482. The number of halogens is 4. The fourth-order valence-electron chi connectivity index (χ4n) is 3.43. The summed E-state index contributed by atoms with van der Waals surface area (Å²) in [5, 5.41) is 9.64. The van der Waals surface area contributed by atoms with Crippen LogP contribution in [0.1, 0.15) is 18.4 Å². The number of rotatable bonds is 4. The lowest BCUT2D eigenvalue weighted by molar-refractivity contribution is -0.878. The summed E-state index contributed by atoms with van der Waals surface area (Å²) >= 11 is 0. The van der Waals surface area contributed by atoms with E-state index in [0.717, 1.165) is 17.0 Å². The number of nitriles is 1. The molecule has 0 aromatic carbocycles. The molecule has 3 heterocycles. The molecule has 4 rings (SSSR count). The van der Waals surface area contributed by atoms with E-state index in [4.69, 9.17) is 4.84 Å². The monoisotopic (exact) mass is 419 g/mol. The molecule has 0 unspecified atom stereocenters. The lowest BCUT2D eigenvalue weighted by Gasteiger charge is -2.12. The van der Waals surface area contributed by atoms with Crippen LogP contribution in [0.15, 0.2) is 41.5 Å². The van der Waals surface area contributed by atoms with Crippen molar-refractivity contribution in [2.24, 2.45) is 0 Å². The average molecular weight is 419 g/mol. The summed E-state index contributed by atoms with van der Waals surface area (Å²) in [6.45, 7) is -1.46. The molecular weight excluding hydrogens is 404 g/mol. The highest BCUT2D eigenvalue weighted by atomic mass is 19.4. The molecular formula is C20H15F4N4O2+. The second kappa shape index (κ2) is 6.79. The van der Waals surface area contributed by atoms with Crippen LogP contribution in [0.4, 0.5) is 17.6 Å². The molecule has 0 spiro atoms. The van der Waals surface area contributed by atoms with Crippen molar-refractivity contribution in [2.75, 3.05) is 7.11 Å². The molecule has 0 amide bonds. The highest BCUT2D eigenvalue weighted by Crippen LogP contribution is 2.47. The number of alkyl halides is 3. The third-order valence-corrected chi connectivity index (χ3v) is 5.15. The van der Waals surface area contributed by atoms with Crippen molar-refractivity contribution in [2.45, 2.75) is 31.0 Å². The van der Waals surface area contributed by atoms with Gasteiger partial charge in [-0.15, -0.1) is 0 Å². The minimum absolute atomic E-state index is 0.0222. The van der Waals surface area contributed by atoms with Crippen LogP contribution in [0, 0.1) is 17.1 Å². The molecule has 1 aliphatic rings. The van der Waals surface area contributed by atoms with Gasteiger partial charge in [-0.1, -0.05) is 0 Å². The molecule has 6 nitrogen and oxygen atoms in total. The van der Waals surface area contributed by atoms with Crippen LogP contribution < -0.4 is 15.1 Å². The lowest BCUT2D eigenvalue weighted by Crippen LogP contribution is -2.44. The molecule has 1 saturated carbocycles. The summed E-state index contributed by atoms with van der Waals surface area (Å²) < 4.78 is 55.2. The second-order valence-corrected chi connectivity index (χ2v) is 7.13. The minimum Gasteiger partial charge on any atom is -0.298 e. The molecule has 0 bridgehead atoms. The van der Waals surface area contributed by atoms with Crippen molar-refractivity contribution in [3.05, 3.63) is 58.4 Å². The normalized spacial score (nSPS) is 15.1. The maximum atomic E-state index is 15.0. The van der Waals surface area contributed by atoms with Gasteiger partial charge in [0.15, 0.2) is 0 Å². The first-order valence-electron chi connectivity index (χ1n) is 8.95. The maximum absolute atomic E-state index is 15.0. The van der Waals surface area contributed by atoms with Crippen LogP contribution in [0.2, 0.25) is 0 Å². The molecule has 154 valence electrons. The summed E-state index contributed by atoms with van der Waals surface area (Å²) in [5.74, 6) is -0.689. The Bertz CT molecular complexity index is 1260. The Hall–Kier alpha value is -3.48. The van der Waals surface area contributed by atoms with Crippen molar-refractivity contribution in [1.82, 2.24) is 9.55 Å². The van der Waals surface area contributed by atoms with Crippen molar-refractivity contribution in [3.8, 4) is 17.5 Å². The van der Waals surface area contributed by atoms with E-state index in [-0.39, 0.29) is 22.3 Å². The Morgan fingerprint density at radius 2 is 2.07 bits per heavy atom. The average Bonchev–Trinajstić information content (AvgIpc) is 3.49. The van der Waals surface area contributed by atoms with E-state index in [1.807, 2.05) is 0 Å². The summed E-state index contributed by atoms with van der Waals surface area (Å²) in [6, 6.07) is 7.19. The van der Waals surface area contributed by atoms with E-state index in [2.05, 4.69) is 11.1 Å². The van der Waals surface area contributed by atoms with E-state index < -0.39 is 29.5 Å². The van der Waals surface area contributed by atoms with Gasteiger partial charge in [0.25, 0.3) is 5.56 Å². The molecule has 0 aliphatic heterocycles. The van der Waals surface area contributed by atoms with E-state index >= 15 is 0 Å². The third-order valence-electron chi connectivity index (χ3n) is 5.15. The molecule has 0 atom stereocenters. The number of fused-ring (bicyclic) bond motifs is 1. The first-order valence-corrected chi connectivity index (χ1v) is 8.95. The van der Waals surface area contributed by atoms with Gasteiger partial charge in [-0.3, -0.25) is 14.2 Å². The van der Waals surface area contributed by atoms with Crippen LogP contribution in [0.3, 0.4) is 0 Å². The van der Waals surface area contributed by atoms with Crippen LogP contribution in [-0.4, -0.2) is 22.8 Å². The highest BCUT2D eigenvalue weighted by Gasteiger charge is 2.48. The Kier molecular flexibility index (Phi) is 4.49. The van der Waals surface area contributed by atoms with Gasteiger partial charge in [0.1, 0.15) is 19.3 Å². The van der Waals surface area contributed by atoms with E-state index in [1.165, 1.54) is 31.5 Å². The number of aromatic nitrogens is 3. The first-order chi connectivity index (χ1) is 14.2. The standard InChI is InChI=1S/C20H15F4N4O2/c1-30-28-9-13(19(10-25)4-5-19)7-14(21)18(28)15-6-12-2-3-17(29)27(11-20(22,23)24)16(12)8-26-15/h2-3,6-9H,4-5,11H2,1H3/q+1. The van der Waals surface area contributed by atoms with Crippen LogP contribution in [0.5, 0.6) is 0 Å². The maximum Gasteiger partial charge on any atom is 0.406 e. The van der Waals surface area contributed by atoms with Gasteiger partial charge in [0.05, 0.1) is 23.2 Å². The molecule has 1 fully saturated rings. The Labute approximate surface area is 167 Å². The van der Waals surface area contributed by atoms with Crippen molar-refractivity contribution >= 4 is 10.9 Å². The zero-order chi connectivity index (χ0) is 21.7. The van der Waals surface area contributed by atoms with Crippen molar-refractivity contribution in [3.63, 3.8) is 0 Å². The topological polar surface area (TPSA) is 71.8 Å². The summed E-state index contributed by atoms with van der Waals surface area (Å²) in [5.41, 5.74) is -1.04. The highest BCUT2D eigenvalue weighted by molar-refractivity contribution is 5.81. The zero-order valence-electron chi connectivity index (χ0n) is 15.7. The van der Waals surface area contributed by atoms with E-state index in [9.17, 15) is 27.6 Å². The molecule has 10 heteroatoms. The Morgan fingerprint density at radius 1 is 1.33 bits per heavy atom. The number of nitrogens with zero attached hydrogens (tertiary/aromatic N) is 4. The largest absolute Gasteiger partial charge is 0.406 e. The van der Waals surface area contributed by atoms with Gasteiger partial charge in [-0.25, -0.2) is 4.98 Å². The number of hydrogen-bond acceptors (Lipinski definition) is 4. The summed E-state index contributed by atoms with van der Waals surface area (Å²) in [7, 11) is 1.32. The Balaban J connectivity index is 1.86. The van der Waals surface area contributed by atoms with Gasteiger partial charge in [0, 0.05) is 21.7 Å². The first kappa shape index (κ1) is 19.8. The number of hydrogen-bond donors (Lipinski definition) is 0. The molecule has 30 heavy (non-hydrogen) atoms. The van der Waals surface area contributed by atoms with Crippen LogP contribution in [-0.2, 0) is 12.0 Å². The van der Waals surface area contributed by atoms with Crippen molar-refractivity contribution in [1.29, 1.82) is 5.26 Å². The van der Waals surface area contributed by atoms with E-state index in [0.29, 0.717) is 23.0 Å². The van der Waals surface area contributed by atoms with Gasteiger partial charge in [0.2, 0.25) is 12.0 Å². The molecule has 3 aromatic heterocycles. The predicted octanol–water partition coefficient (Wildman–Crippen LogP) is 2.67. The summed E-state index contributed by atoms with van der Waals surface area (Å²) in [6.07, 6.45) is -0.737. The molecule has 0 N–H and O–H groups in total. The van der Waals surface area contributed by atoms with Crippen molar-refractivity contribution < 1.29 is 27.1 Å². The third kappa shape index (κ3) is 3.36. The summed E-state index contributed by atoms with van der Waals surface area (Å²) in [4.78, 5) is 21.2. The molecule has 0 saturated heterocycles. The Morgan fingerprint density at radius 3 is 2.67 bits per heavy atom.